The van der Waals surface area contributed by atoms with Crippen LogP contribution in [0.2, 0.25) is 0 Å². The van der Waals surface area contributed by atoms with Gasteiger partial charge in [0.15, 0.2) is 0 Å². The molecule has 0 bridgehead atoms. The van der Waals surface area contributed by atoms with Gasteiger partial charge in [0.2, 0.25) is 0 Å². The molecule has 5 heteroatoms. The maximum absolute atomic E-state index is 12.6. The number of benzene rings is 2. The molecular weight excluding hydrogens is 350 g/mol. The Morgan fingerprint density at radius 1 is 1.21 bits per heavy atom. The highest BCUT2D eigenvalue weighted by Gasteiger charge is 2.45. The molecule has 146 valence electrons. The predicted octanol–water partition coefficient (Wildman–Crippen LogP) is 4.32. The second-order valence-corrected chi connectivity index (χ2v) is 8.70. The van der Waals surface area contributed by atoms with Crippen molar-refractivity contribution in [1.29, 1.82) is 0 Å². The van der Waals surface area contributed by atoms with Crippen LogP contribution in [0.15, 0.2) is 42.7 Å². The molecule has 1 amide bonds. The normalized spacial score (nSPS) is 20.7. The van der Waals surface area contributed by atoms with Gasteiger partial charge >= 0.3 is 0 Å². The first-order chi connectivity index (χ1) is 13.3. The molecule has 3 aromatic rings. The SMILES string of the molecule is CC1(C)CCc2ccc(O)cc2C1(C)CCNC(=O)c1ccc2nc[nH]c2c1. The fraction of sp³-hybridized carbons (Fsp3) is 0.391. The van der Waals surface area contributed by atoms with Crippen LogP contribution in [0.25, 0.3) is 11.0 Å². The summed E-state index contributed by atoms with van der Waals surface area (Å²) in [6.07, 6.45) is 4.56. The molecule has 1 aliphatic rings. The maximum atomic E-state index is 12.6. The van der Waals surface area contributed by atoms with Crippen molar-refractivity contribution in [2.75, 3.05) is 6.54 Å². The Bertz CT molecular complexity index is 1040. The van der Waals surface area contributed by atoms with Crippen LogP contribution < -0.4 is 5.32 Å². The number of amides is 1. The van der Waals surface area contributed by atoms with E-state index in [0.29, 0.717) is 17.9 Å². The van der Waals surface area contributed by atoms with Crippen LogP contribution in [0, 0.1) is 5.41 Å². The Kier molecular flexibility index (Phi) is 4.41. The first kappa shape index (κ1) is 18.5. The molecule has 0 saturated heterocycles. The number of rotatable bonds is 4. The molecule has 3 N–H and O–H groups in total. The van der Waals surface area contributed by atoms with Gasteiger partial charge in [0, 0.05) is 12.1 Å². The van der Waals surface area contributed by atoms with E-state index in [4.69, 9.17) is 0 Å². The highest BCUT2D eigenvalue weighted by Crippen LogP contribution is 2.52. The first-order valence-corrected chi connectivity index (χ1v) is 9.84. The lowest BCUT2D eigenvalue weighted by atomic mass is 9.55. The average molecular weight is 377 g/mol. The van der Waals surface area contributed by atoms with E-state index in [1.165, 1.54) is 11.1 Å². The molecule has 0 aliphatic heterocycles. The highest BCUT2D eigenvalue weighted by atomic mass is 16.3. The molecule has 1 aliphatic carbocycles. The van der Waals surface area contributed by atoms with Crippen LogP contribution in [-0.2, 0) is 11.8 Å². The van der Waals surface area contributed by atoms with Crippen molar-refractivity contribution in [3.63, 3.8) is 0 Å². The topological polar surface area (TPSA) is 78.0 Å². The second kappa shape index (κ2) is 6.66. The third-order valence-corrected chi connectivity index (χ3v) is 6.79. The molecule has 1 aromatic heterocycles. The number of fused-ring (bicyclic) bond motifs is 2. The summed E-state index contributed by atoms with van der Waals surface area (Å²) in [5, 5.41) is 13.1. The summed E-state index contributed by atoms with van der Waals surface area (Å²) in [6.45, 7) is 7.41. The summed E-state index contributed by atoms with van der Waals surface area (Å²) in [6, 6.07) is 11.2. The summed E-state index contributed by atoms with van der Waals surface area (Å²) in [7, 11) is 0. The van der Waals surface area contributed by atoms with Gasteiger partial charge in [0.25, 0.3) is 5.91 Å². The number of aromatic nitrogens is 2. The zero-order valence-corrected chi connectivity index (χ0v) is 16.7. The van der Waals surface area contributed by atoms with Crippen molar-refractivity contribution < 1.29 is 9.90 Å². The Labute approximate surface area is 165 Å². The molecule has 5 nitrogen and oxygen atoms in total. The number of aromatic hydroxyl groups is 1. The van der Waals surface area contributed by atoms with E-state index < -0.39 is 0 Å². The fourth-order valence-corrected chi connectivity index (χ4v) is 4.46. The molecule has 0 spiro atoms. The number of carbonyl (C=O) groups excluding carboxylic acids is 1. The summed E-state index contributed by atoms with van der Waals surface area (Å²) in [4.78, 5) is 19.9. The van der Waals surface area contributed by atoms with Crippen molar-refractivity contribution in [2.24, 2.45) is 5.41 Å². The van der Waals surface area contributed by atoms with Crippen LogP contribution in [0.5, 0.6) is 5.75 Å². The molecule has 0 radical (unpaired) electrons. The first-order valence-electron chi connectivity index (χ1n) is 9.84. The largest absolute Gasteiger partial charge is 0.508 e. The molecule has 2 aromatic carbocycles. The smallest absolute Gasteiger partial charge is 0.251 e. The molecule has 0 saturated carbocycles. The zero-order valence-electron chi connectivity index (χ0n) is 16.7. The number of aromatic amines is 1. The maximum Gasteiger partial charge on any atom is 0.251 e. The molecule has 1 atom stereocenters. The summed E-state index contributed by atoms with van der Waals surface area (Å²) >= 11 is 0. The standard InChI is InChI=1S/C23H27N3O2/c1-22(2)9-8-15-4-6-17(27)13-18(15)23(22,3)10-11-24-21(28)16-5-7-19-20(12-16)26-14-25-19/h4-7,12-14,27H,8-11H2,1-3H3,(H,24,28)(H,25,26). The minimum atomic E-state index is -0.125. The van der Waals surface area contributed by atoms with Crippen molar-refractivity contribution >= 4 is 16.9 Å². The molecular formula is C23H27N3O2. The van der Waals surface area contributed by atoms with Crippen LogP contribution in [0.4, 0.5) is 0 Å². The number of nitrogens with one attached hydrogen (secondary N) is 2. The van der Waals surface area contributed by atoms with Gasteiger partial charge in [-0.25, -0.2) is 4.98 Å². The van der Waals surface area contributed by atoms with Crippen LogP contribution in [0.3, 0.4) is 0 Å². The van der Waals surface area contributed by atoms with E-state index in [1.807, 2.05) is 24.3 Å². The fourth-order valence-electron chi connectivity index (χ4n) is 4.46. The van der Waals surface area contributed by atoms with E-state index in [2.05, 4.69) is 36.1 Å². The number of H-pyrrole nitrogens is 1. The average Bonchev–Trinajstić information content (AvgIpc) is 3.13. The third kappa shape index (κ3) is 3.05. The highest BCUT2D eigenvalue weighted by molar-refractivity contribution is 5.97. The quantitative estimate of drug-likeness (QED) is 0.634. The van der Waals surface area contributed by atoms with E-state index in [1.54, 1.807) is 18.5 Å². The van der Waals surface area contributed by atoms with E-state index in [-0.39, 0.29) is 16.7 Å². The Hall–Kier alpha value is -2.82. The number of hydrogen-bond donors (Lipinski definition) is 3. The van der Waals surface area contributed by atoms with E-state index >= 15 is 0 Å². The van der Waals surface area contributed by atoms with Gasteiger partial charge in [-0.1, -0.05) is 26.8 Å². The molecule has 28 heavy (non-hydrogen) atoms. The Morgan fingerprint density at radius 3 is 2.86 bits per heavy atom. The lowest BCUT2D eigenvalue weighted by molar-refractivity contribution is 0.0932. The predicted molar refractivity (Wildman–Crippen MR) is 111 cm³/mol. The van der Waals surface area contributed by atoms with Crippen LogP contribution in [-0.4, -0.2) is 27.5 Å². The summed E-state index contributed by atoms with van der Waals surface area (Å²) in [5.41, 5.74) is 4.80. The van der Waals surface area contributed by atoms with Gasteiger partial charge in [-0.05, 0) is 71.6 Å². The van der Waals surface area contributed by atoms with E-state index in [9.17, 15) is 9.90 Å². The monoisotopic (exact) mass is 377 g/mol. The number of carbonyl (C=O) groups is 1. The van der Waals surface area contributed by atoms with Gasteiger partial charge in [0.05, 0.1) is 17.4 Å². The minimum absolute atomic E-state index is 0.0767. The van der Waals surface area contributed by atoms with Gasteiger partial charge < -0.3 is 15.4 Å². The Balaban J connectivity index is 1.51. The Morgan fingerprint density at radius 2 is 2.04 bits per heavy atom. The van der Waals surface area contributed by atoms with E-state index in [0.717, 1.165) is 30.3 Å². The van der Waals surface area contributed by atoms with Gasteiger partial charge in [-0.2, -0.15) is 0 Å². The zero-order chi connectivity index (χ0) is 19.9. The van der Waals surface area contributed by atoms with Crippen molar-refractivity contribution in [1.82, 2.24) is 15.3 Å². The number of nitrogens with zero attached hydrogens (tertiary/aromatic N) is 1. The minimum Gasteiger partial charge on any atom is -0.508 e. The lowest BCUT2D eigenvalue weighted by Gasteiger charge is -2.49. The van der Waals surface area contributed by atoms with Gasteiger partial charge in [0.1, 0.15) is 5.75 Å². The second-order valence-electron chi connectivity index (χ2n) is 8.70. The molecule has 4 rings (SSSR count). The molecule has 1 unspecified atom stereocenters. The number of phenols is 1. The van der Waals surface area contributed by atoms with Gasteiger partial charge in [-0.15, -0.1) is 0 Å². The number of phenolic OH excluding ortho intramolecular Hbond substituents is 1. The summed E-state index contributed by atoms with van der Waals surface area (Å²) in [5.74, 6) is 0.226. The molecule has 1 heterocycles. The molecule has 0 fully saturated rings. The van der Waals surface area contributed by atoms with Crippen molar-refractivity contribution in [3.05, 3.63) is 59.4 Å². The third-order valence-electron chi connectivity index (χ3n) is 6.79. The van der Waals surface area contributed by atoms with Crippen molar-refractivity contribution in [3.8, 4) is 5.75 Å². The number of hydrogen-bond acceptors (Lipinski definition) is 3. The lowest BCUT2D eigenvalue weighted by Crippen LogP contribution is -2.45. The van der Waals surface area contributed by atoms with Gasteiger partial charge in [-0.3, -0.25) is 4.79 Å². The van der Waals surface area contributed by atoms with Crippen molar-refractivity contribution in [2.45, 2.75) is 45.4 Å². The van der Waals surface area contributed by atoms with Crippen LogP contribution in [0.1, 0.15) is 55.1 Å². The van der Waals surface area contributed by atoms with Crippen LogP contribution >= 0.6 is 0 Å². The number of imidazole rings is 1. The number of aryl methyl sites for hydroxylation is 1. The summed E-state index contributed by atoms with van der Waals surface area (Å²) < 4.78 is 0.